The summed E-state index contributed by atoms with van der Waals surface area (Å²) in [6, 6.07) is 3.57. The molecular weight excluding hydrogens is 317 g/mol. The van der Waals surface area contributed by atoms with Gasteiger partial charge in [-0.2, -0.15) is 5.10 Å². The molecule has 2 heterocycles. The van der Waals surface area contributed by atoms with Crippen LogP contribution in [-0.2, 0) is 4.79 Å². The molecular formula is C12H13ClFN5O3. The highest BCUT2D eigenvalue weighted by Gasteiger charge is 2.29. The number of carbonyl (C=O) groups is 1. The van der Waals surface area contributed by atoms with E-state index in [0.29, 0.717) is 10.9 Å². The Morgan fingerprint density at radius 1 is 1.50 bits per heavy atom. The quantitative estimate of drug-likeness (QED) is 0.584. The number of fused-ring (bicyclic) bond motifs is 1. The highest BCUT2D eigenvalue weighted by Crippen LogP contribution is 2.25. The number of H-pyrrole nitrogens is 1. The van der Waals surface area contributed by atoms with Crippen LogP contribution < -0.4 is 10.6 Å². The zero-order valence-electron chi connectivity index (χ0n) is 11.2. The van der Waals surface area contributed by atoms with E-state index in [1.807, 2.05) is 0 Å². The number of carbonyl (C=O) groups excluding carboxylic acids is 1. The van der Waals surface area contributed by atoms with E-state index < -0.39 is 23.0 Å². The number of nitro groups is 1. The molecule has 2 atom stereocenters. The molecule has 10 heteroatoms. The number of nitrogens with one attached hydrogen (secondary N) is 3. The Morgan fingerprint density at radius 2 is 2.27 bits per heavy atom. The van der Waals surface area contributed by atoms with Gasteiger partial charge in [0.1, 0.15) is 6.17 Å². The van der Waals surface area contributed by atoms with E-state index in [9.17, 15) is 19.3 Å². The monoisotopic (exact) mass is 329 g/mol. The minimum Gasteiger partial charge on any atom is -0.307 e. The van der Waals surface area contributed by atoms with Crippen molar-refractivity contribution in [1.29, 1.82) is 0 Å². The Hall–Kier alpha value is -2.26. The molecule has 1 aliphatic rings. The predicted octanol–water partition coefficient (Wildman–Crippen LogP) is 1.53. The van der Waals surface area contributed by atoms with Crippen molar-refractivity contribution in [3.63, 3.8) is 0 Å². The molecule has 1 saturated heterocycles. The van der Waals surface area contributed by atoms with Crippen LogP contribution >= 0.6 is 12.4 Å². The molecule has 1 aliphatic heterocycles. The number of hydrogen-bond donors (Lipinski definition) is 3. The lowest BCUT2D eigenvalue weighted by molar-refractivity contribution is -0.384. The van der Waals surface area contributed by atoms with Crippen molar-refractivity contribution in [3.05, 3.63) is 28.3 Å². The molecule has 0 aliphatic carbocycles. The number of nitrogens with zero attached hydrogens (tertiary/aromatic N) is 2. The van der Waals surface area contributed by atoms with Gasteiger partial charge in [0.2, 0.25) is 5.91 Å². The van der Waals surface area contributed by atoms with Crippen molar-refractivity contribution < 1.29 is 14.1 Å². The second-order valence-electron chi connectivity index (χ2n) is 4.84. The standard InChI is InChI=1S/C12H12FN5O3.ClH/c13-6-3-10(14-5-6)12(19)15-11-8-4-7(18(20)21)1-2-9(8)16-17-11;/h1-2,4,6,10,14H,3,5H2,(H2,15,16,17,19);1H/t6-,10+;/m0./s1. The van der Waals surface area contributed by atoms with E-state index in [-0.39, 0.29) is 36.9 Å². The second kappa shape index (κ2) is 6.24. The van der Waals surface area contributed by atoms with Gasteiger partial charge in [0.15, 0.2) is 5.82 Å². The van der Waals surface area contributed by atoms with Crippen molar-refractivity contribution in [1.82, 2.24) is 15.5 Å². The first-order valence-electron chi connectivity index (χ1n) is 6.35. The van der Waals surface area contributed by atoms with Gasteiger partial charge in [0.25, 0.3) is 5.69 Å². The van der Waals surface area contributed by atoms with Gasteiger partial charge >= 0.3 is 0 Å². The smallest absolute Gasteiger partial charge is 0.270 e. The molecule has 0 saturated carbocycles. The number of anilines is 1. The van der Waals surface area contributed by atoms with E-state index in [1.54, 1.807) is 0 Å². The number of aromatic nitrogens is 2. The largest absolute Gasteiger partial charge is 0.307 e. The van der Waals surface area contributed by atoms with Gasteiger partial charge in [0, 0.05) is 25.1 Å². The van der Waals surface area contributed by atoms with Crippen LogP contribution in [0.3, 0.4) is 0 Å². The number of amides is 1. The number of nitro benzene ring substituents is 1. The molecule has 118 valence electrons. The van der Waals surface area contributed by atoms with Crippen LogP contribution in [0.25, 0.3) is 10.9 Å². The summed E-state index contributed by atoms with van der Waals surface area (Å²) in [5.74, 6) is -0.210. The Balaban J connectivity index is 0.00000176. The summed E-state index contributed by atoms with van der Waals surface area (Å²) < 4.78 is 13.1. The lowest BCUT2D eigenvalue weighted by Crippen LogP contribution is -2.35. The fraction of sp³-hybridized carbons (Fsp3) is 0.333. The third-order valence-corrected chi connectivity index (χ3v) is 3.39. The summed E-state index contributed by atoms with van der Waals surface area (Å²) in [4.78, 5) is 22.3. The fourth-order valence-electron chi connectivity index (χ4n) is 2.31. The maximum atomic E-state index is 13.1. The molecule has 8 nitrogen and oxygen atoms in total. The van der Waals surface area contributed by atoms with Crippen LogP contribution in [0.4, 0.5) is 15.9 Å². The maximum absolute atomic E-state index is 13.1. The van der Waals surface area contributed by atoms with Crippen LogP contribution in [0.15, 0.2) is 18.2 Å². The average molecular weight is 330 g/mol. The molecule has 0 radical (unpaired) electrons. The third-order valence-electron chi connectivity index (χ3n) is 3.39. The molecule has 0 spiro atoms. The summed E-state index contributed by atoms with van der Waals surface area (Å²) in [6.07, 6.45) is -0.938. The van der Waals surface area contributed by atoms with Gasteiger partial charge in [-0.25, -0.2) is 4.39 Å². The van der Waals surface area contributed by atoms with Crippen molar-refractivity contribution in [3.8, 4) is 0 Å². The minimum atomic E-state index is -1.04. The van der Waals surface area contributed by atoms with Gasteiger partial charge in [0.05, 0.1) is 21.9 Å². The van der Waals surface area contributed by atoms with Crippen LogP contribution in [-0.4, -0.2) is 39.8 Å². The lowest BCUT2D eigenvalue weighted by atomic mass is 10.2. The summed E-state index contributed by atoms with van der Waals surface area (Å²) in [5.41, 5.74) is 0.473. The van der Waals surface area contributed by atoms with Gasteiger partial charge < -0.3 is 10.6 Å². The first-order valence-corrected chi connectivity index (χ1v) is 6.35. The number of rotatable bonds is 3. The molecule has 1 aromatic carbocycles. The number of non-ortho nitro benzene ring substituents is 1. The van der Waals surface area contributed by atoms with Gasteiger partial charge in [-0.1, -0.05) is 0 Å². The van der Waals surface area contributed by atoms with E-state index in [2.05, 4.69) is 20.8 Å². The summed E-state index contributed by atoms with van der Waals surface area (Å²) in [5, 5.41) is 23.1. The van der Waals surface area contributed by atoms with E-state index in [4.69, 9.17) is 0 Å². The Labute approximate surface area is 130 Å². The van der Waals surface area contributed by atoms with E-state index in [1.165, 1.54) is 18.2 Å². The number of benzene rings is 1. The number of aromatic amines is 1. The zero-order chi connectivity index (χ0) is 15.0. The van der Waals surface area contributed by atoms with Crippen molar-refractivity contribution in [2.75, 3.05) is 11.9 Å². The Bertz CT molecular complexity index is 722. The van der Waals surface area contributed by atoms with Gasteiger partial charge in [-0.05, 0) is 6.07 Å². The van der Waals surface area contributed by atoms with Crippen molar-refractivity contribution >= 4 is 40.7 Å². The Kier molecular flexibility index (Phi) is 4.57. The predicted molar refractivity (Wildman–Crippen MR) is 79.9 cm³/mol. The zero-order valence-corrected chi connectivity index (χ0v) is 12.0. The van der Waals surface area contributed by atoms with Crippen LogP contribution in [0.2, 0.25) is 0 Å². The topological polar surface area (TPSA) is 113 Å². The number of halogens is 2. The van der Waals surface area contributed by atoms with Crippen LogP contribution in [0.5, 0.6) is 0 Å². The number of alkyl halides is 1. The van der Waals surface area contributed by atoms with Gasteiger partial charge in [-0.3, -0.25) is 20.0 Å². The normalized spacial score (nSPS) is 20.6. The molecule has 1 fully saturated rings. The molecule has 22 heavy (non-hydrogen) atoms. The molecule has 2 aromatic rings. The maximum Gasteiger partial charge on any atom is 0.270 e. The molecule has 1 aromatic heterocycles. The minimum absolute atomic E-state index is 0. The highest BCUT2D eigenvalue weighted by molar-refractivity contribution is 6.02. The van der Waals surface area contributed by atoms with Crippen molar-refractivity contribution in [2.45, 2.75) is 18.6 Å². The average Bonchev–Trinajstić information content (AvgIpc) is 3.05. The third kappa shape index (κ3) is 3.00. The summed E-state index contributed by atoms with van der Waals surface area (Å²) >= 11 is 0. The first kappa shape index (κ1) is 16.1. The van der Waals surface area contributed by atoms with Crippen LogP contribution in [0, 0.1) is 10.1 Å². The van der Waals surface area contributed by atoms with E-state index in [0.717, 1.165) is 0 Å². The van der Waals surface area contributed by atoms with Gasteiger partial charge in [-0.15, -0.1) is 12.4 Å². The molecule has 3 N–H and O–H groups in total. The summed E-state index contributed by atoms with van der Waals surface area (Å²) in [6.45, 7) is 0.144. The molecule has 1 amide bonds. The molecule has 0 unspecified atom stereocenters. The summed E-state index contributed by atoms with van der Waals surface area (Å²) in [7, 11) is 0. The second-order valence-corrected chi connectivity index (χ2v) is 4.84. The fourth-order valence-corrected chi connectivity index (χ4v) is 2.31. The molecule has 3 rings (SSSR count). The highest BCUT2D eigenvalue weighted by atomic mass is 35.5. The SMILES string of the molecule is Cl.O=C(Nc1n[nH]c2ccc([N+](=O)[O-])cc12)[C@H]1C[C@H](F)CN1. The molecule has 0 bridgehead atoms. The van der Waals surface area contributed by atoms with Crippen molar-refractivity contribution in [2.24, 2.45) is 0 Å². The van der Waals surface area contributed by atoms with Crippen LogP contribution in [0.1, 0.15) is 6.42 Å². The first-order chi connectivity index (χ1) is 10.0. The number of hydrogen-bond acceptors (Lipinski definition) is 5. The lowest BCUT2D eigenvalue weighted by Gasteiger charge is -2.08. The Morgan fingerprint density at radius 3 is 2.91 bits per heavy atom. The van der Waals surface area contributed by atoms with E-state index >= 15 is 0 Å².